The number of ether oxygens (including phenoxy) is 1. The summed E-state index contributed by atoms with van der Waals surface area (Å²) in [5, 5.41) is 3.12. The molecule has 0 aliphatic rings. The Labute approximate surface area is 101 Å². The van der Waals surface area contributed by atoms with Crippen LogP contribution in [0.4, 0.5) is 8.78 Å². The van der Waals surface area contributed by atoms with Crippen molar-refractivity contribution in [2.24, 2.45) is 0 Å². The van der Waals surface area contributed by atoms with Crippen molar-refractivity contribution in [2.45, 2.75) is 32.9 Å². The van der Waals surface area contributed by atoms with Crippen molar-refractivity contribution in [3.63, 3.8) is 0 Å². The molecule has 1 rings (SSSR count). The van der Waals surface area contributed by atoms with E-state index in [2.05, 4.69) is 5.32 Å². The van der Waals surface area contributed by atoms with Gasteiger partial charge in [0.25, 0.3) is 0 Å². The fourth-order valence-corrected chi connectivity index (χ4v) is 1.65. The van der Waals surface area contributed by atoms with Crippen LogP contribution in [0.2, 0.25) is 0 Å². The lowest BCUT2D eigenvalue weighted by Gasteiger charge is -2.18. The summed E-state index contributed by atoms with van der Waals surface area (Å²) in [6.07, 6.45) is 0.0547. The van der Waals surface area contributed by atoms with Crippen molar-refractivity contribution in [1.29, 1.82) is 0 Å². The quantitative estimate of drug-likeness (QED) is 0.829. The molecule has 96 valence electrons. The molecule has 0 spiro atoms. The van der Waals surface area contributed by atoms with Crippen LogP contribution in [0.15, 0.2) is 18.2 Å². The van der Waals surface area contributed by atoms with Crippen molar-refractivity contribution < 1.29 is 13.5 Å². The van der Waals surface area contributed by atoms with Gasteiger partial charge in [-0.1, -0.05) is 12.1 Å². The molecule has 1 N–H and O–H groups in total. The molecule has 0 bridgehead atoms. The Hall–Kier alpha value is -1.00. The highest BCUT2D eigenvalue weighted by Crippen LogP contribution is 2.18. The second-order valence-corrected chi connectivity index (χ2v) is 4.04. The van der Waals surface area contributed by atoms with Crippen LogP contribution in [0.5, 0.6) is 0 Å². The van der Waals surface area contributed by atoms with Gasteiger partial charge in [-0.25, -0.2) is 8.78 Å². The van der Waals surface area contributed by atoms with Crippen LogP contribution in [-0.2, 0) is 4.74 Å². The minimum absolute atomic E-state index is 0.0547. The summed E-state index contributed by atoms with van der Waals surface area (Å²) in [7, 11) is 0. The van der Waals surface area contributed by atoms with E-state index in [1.807, 2.05) is 13.8 Å². The van der Waals surface area contributed by atoms with Crippen LogP contribution in [0.3, 0.4) is 0 Å². The van der Waals surface area contributed by atoms with Crippen LogP contribution in [0.25, 0.3) is 0 Å². The van der Waals surface area contributed by atoms with Gasteiger partial charge in [-0.2, -0.15) is 0 Å². The molecular weight excluding hydrogens is 224 g/mol. The van der Waals surface area contributed by atoms with E-state index >= 15 is 0 Å². The molecule has 0 aliphatic heterocycles. The highest BCUT2D eigenvalue weighted by molar-refractivity contribution is 5.21. The van der Waals surface area contributed by atoms with Gasteiger partial charge in [0.2, 0.25) is 0 Å². The van der Waals surface area contributed by atoms with E-state index in [1.54, 1.807) is 13.0 Å². The van der Waals surface area contributed by atoms with Crippen molar-refractivity contribution in [1.82, 2.24) is 5.32 Å². The molecule has 2 unspecified atom stereocenters. The van der Waals surface area contributed by atoms with Crippen LogP contribution in [0.1, 0.15) is 32.4 Å². The van der Waals surface area contributed by atoms with Crippen LogP contribution in [-0.4, -0.2) is 19.3 Å². The third kappa shape index (κ3) is 4.06. The molecule has 0 aromatic heterocycles. The highest BCUT2D eigenvalue weighted by Gasteiger charge is 2.14. The summed E-state index contributed by atoms with van der Waals surface area (Å²) >= 11 is 0. The monoisotopic (exact) mass is 243 g/mol. The zero-order valence-electron chi connectivity index (χ0n) is 10.5. The normalized spacial score (nSPS) is 14.6. The second-order valence-electron chi connectivity index (χ2n) is 4.04. The second kappa shape index (κ2) is 6.67. The predicted octanol–water partition coefficient (Wildman–Crippen LogP) is 3.04. The van der Waals surface area contributed by atoms with Crippen molar-refractivity contribution in [3.05, 3.63) is 35.4 Å². The minimum atomic E-state index is -0.811. The van der Waals surface area contributed by atoms with Gasteiger partial charge in [-0.3, -0.25) is 0 Å². The number of nitrogens with one attached hydrogen (secondary N) is 1. The molecule has 0 fully saturated rings. The van der Waals surface area contributed by atoms with Gasteiger partial charge < -0.3 is 10.1 Å². The molecular formula is C13H19F2NO. The maximum Gasteiger partial charge on any atom is 0.163 e. The first-order chi connectivity index (χ1) is 8.06. The van der Waals surface area contributed by atoms with Crippen molar-refractivity contribution >= 4 is 0 Å². The number of rotatable bonds is 6. The molecule has 2 atom stereocenters. The zero-order chi connectivity index (χ0) is 12.8. The lowest BCUT2D eigenvalue weighted by Crippen LogP contribution is -2.29. The molecule has 0 amide bonds. The van der Waals surface area contributed by atoms with E-state index in [9.17, 15) is 8.78 Å². The molecule has 0 heterocycles. The molecule has 4 heteroatoms. The Morgan fingerprint density at radius 2 is 2.00 bits per heavy atom. The summed E-state index contributed by atoms with van der Waals surface area (Å²) in [6, 6.07) is 3.97. The van der Waals surface area contributed by atoms with E-state index in [-0.39, 0.29) is 12.1 Å². The zero-order valence-corrected chi connectivity index (χ0v) is 10.5. The molecule has 1 aromatic carbocycles. The summed E-state index contributed by atoms with van der Waals surface area (Å²) in [5.74, 6) is -1.59. The van der Waals surface area contributed by atoms with Crippen LogP contribution < -0.4 is 5.32 Å². The minimum Gasteiger partial charge on any atom is -0.377 e. The van der Waals surface area contributed by atoms with Gasteiger partial charge in [0.15, 0.2) is 11.6 Å². The van der Waals surface area contributed by atoms with Gasteiger partial charge in [0.1, 0.15) is 0 Å². The largest absolute Gasteiger partial charge is 0.377 e. The predicted molar refractivity (Wildman–Crippen MR) is 63.9 cm³/mol. The fraction of sp³-hybridized carbons (Fsp3) is 0.538. The number of halogens is 2. The molecule has 0 saturated heterocycles. The Morgan fingerprint density at radius 1 is 1.29 bits per heavy atom. The maximum absolute atomic E-state index is 13.5. The Balaban J connectivity index is 2.58. The smallest absolute Gasteiger partial charge is 0.163 e. The molecule has 17 heavy (non-hydrogen) atoms. The van der Waals surface area contributed by atoms with E-state index in [4.69, 9.17) is 4.74 Å². The molecule has 0 aliphatic carbocycles. The van der Waals surface area contributed by atoms with Crippen molar-refractivity contribution in [2.75, 3.05) is 13.2 Å². The lowest BCUT2D eigenvalue weighted by molar-refractivity contribution is 0.0742. The van der Waals surface area contributed by atoms with Crippen molar-refractivity contribution in [3.8, 4) is 0 Å². The SMILES string of the molecule is CCOC(C)CNC(C)c1cccc(F)c1F. The third-order valence-corrected chi connectivity index (χ3v) is 2.61. The molecule has 2 nitrogen and oxygen atoms in total. The molecule has 0 saturated carbocycles. The number of hydrogen-bond acceptors (Lipinski definition) is 2. The summed E-state index contributed by atoms with van der Waals surface area (Å²) < 4.78 is 31.9. The topological polar surface area (TPSA) is 21.3 Å². The van der Waals surface area contributed by atoms with E-state index in [1.165, 1.54) is 6.07 Å². The van der Waals surface area contributed by atoms with Gasteiger partial charge in [0.05, 0.1) is 6.10 Å². The average molecular weight is 243 g/mol. The molecule has 0 radical (unpaired) electrons. The van der Waals surface area contributed by atoms with Gasteiger partial charge in [0, 0.05) is 24.8 Å². The van der Waals surface area contributed by atoms with E-state index < -0.39 is 11.6 Å². The standard InChI is InChI=1S/C13H19F2NO/c1-4-17-9(2)8-16-10(3)11-6-5-7-12(14)13(11)15/h5-7,9-10,16H,4,8H2,1-3H3. The number of hydrogen-bond donors (Lipinski definition) is 1. The summed E-state index contributed by atoms with van der Waals surface area (Å²) in [5.41, 5.74) is 0.341. The Morgan fingerprint density at radius 3 is 2.65 bits per heavy atom. The van der Waals surface area contributed by atoms with Gasteiger partial charge in [-0.05, 0) is 26.8 Å². The maximum atomic E-state index is 13.5. The van der Waals surface area contributed by atoms with E-state index in [0.717, 1.165) is 6.07 Å². The lowest BCUT2D eigenvalue weighted by atomic mass is 10.1. The Bertz CT molecular complexity index is 357. The highest BCUT2D eigenvalue weighted by atomic mass is 19.2. The third-order valence-electron chi connectivity index (χ3n) is 2.61. The summed E-state index contributed by atoms with van der Waals surface area (Å²) in [6.45, 7) is 6.91. The first-order valence-corrected chi connectivity index (χ1v) is 5.85. The average Bonchev–Trinajstić information content (AvgIpc) is 2.30. The van der Waals surface area contributed by atoms with E-state index in [0.29, 0.717) is 18.7 Å². The van der Waals surface area contributed by atoms with Crippen LogP contribution in [0, 0.1) is 11.6 Å². The summed E-state index contributed by atoms with van der Waals surface area (Å²) in [4.78, 5) is 0. The fourth-order valence-electron chi connectivity index (χ4n) is 1.65. The first kappa shape index (κ1) is 14.1. The van der Waals surface area contributed by atoms with Gasteiger partial charge in [-0.15, -0.1) is 0 Å². The van der Waals surface area contributed by atoms with Crippen LogP contribution >= 0.6 is 0 Å². The molecule has 1 aromatic rings. The van der Waals surface area contributed by atoms with Gasteiger partial charge >= 0.3 is 0 Å². The number of benzene rings is 1. The first-order valence-electron chi connectivity index (χ1n) is 5.85. The Kier molecular flexibility index (Phi) is 5.51.